The van der Waals surface area contributed by atoms with Crippen LogP contribution in [0.15, 0.2) is 0 Å². The van der Waals surface area contributed by atoms with Crippen molar-refractivity contribution in [2.75, 3.05) is 37.2 Å². The van der Waals surface area contributed by atoms with Gasteiger partial charge in [-0.2, -0.15) is 23.5 Å². The number of thioether (sulfide) groups is 2. The van der Waals surface area contributed by atoms with Crippen LogP contribution in [0, 0.1) is 0 Å². The predicted octanol–water partition coefficient (Wildman–Crippen LogP) is 4.94. The highest BCUT2D eigenvalue weighted by Crippen LogP contribution is 2.32. The number of hydrogen-bond acceptors (Lipinski definition) is 11. The monoisotopic (exact) mass is 593 g/mol. The zero-order chi connectivity index (χ0) is 29.0. The van der Waals surface area contributed by atoms with Gasteiger partial charge in [0.1, 0.15) is 11.6 Å². The van der Waals surface area contributed by atoms with Gasteiger partial charge in [0.25, 0.3) is 0 Å². The lowest BCUT2D eigenvalue weighted by Gasteiger charge is -2.31. The van der Waals surface area contributed by atoms with E-state index in [1.54, 1.807) is 23.5 Å². The summed E-state index contributed by atoms with van der Waals surface area (Å²) < 4.78 is 5.88. The van der Waals surface area contributed by atoms with Gasteiger partial charge in [-0.1, -0.05) is 84.0 Å². The van der Waals surface area contributed by atoms with Crippen molar-refractivity contribution >= 4 is 35.5 Å². The average molecular weight is 594 g/mol. The first-order chi connectivity index (χ1) is 18.8. The van der Waals surface area contributed by atoms with Crippen molar-refractivity contribution in [3.8, 4) is 0 Å². The van der Waals surface area contributed by atoms with Crippen LogP contribution in [0.2, 0.25) is 0 Å². The molecule has 3 atom stereocenters. The van der Waals surface area contributed by atoms with Crippen molar-refractivity contribution in [2.45, 2.75) is 127 Å². The van der Waals surface area contributed by atoms with Gasteiger partial charge in [0, 0.05) is 24.9 Å². The van der Waals surface area contributed by atoms with Crippen LogP contribution in [0.25, 0.3) is 0 Å². The van der Waals surface area contributed by atoms with Crippen LogP contribution in [-0.2, 0) is 24.0 Å². The van der Waals surface area contributed by atoms with Crippen LogP contribution >= 0.6 is 23.5 Å². The third-order valence-corrected chi connectivity index (χ3v) is 8.55. The Labute approximate surface area is 245 Å². The van der Waals surface area contributed by atoms with Crippen LogP contribution < -0.4 is 11.5 Å². The van der Waals surface area contributed by atoms with Crippen molar-refractivity contribution in [1.29, 1.82) is 0 Å². The summed E-state index contributed by atoms with van der Waals surface area (Å²) in [6, 6.07) is -0.822. The van der Waals surface area contributed by atoms with E-state index in [9.17, 15) is 14.7 Å². The Bertz CT molecular complexity index is 677. The zero-order valence-corrected chi connectivity index (χ0v) is 26.3. The summed E-state index contributed by atoms with van der Waals surface area (Å²) in [7, 11) is 0. The molecule has 0 spiro atoms. The minimum atomic E-state index is -1.67. The standard InChI is InChI=1S/C28H55N3O6S2/c1-4-5-6-7-8-9-10-11-12-13-14-15-16-21-35-28(30,19-23-39-3)26(34)37-31-24(17-20-32)27(29,18-22-38-2)25(33)36-31/h24,32H,4-23,29-30H2,1-3H3. The Morgan fingerprint density at radius 3 is 2.05 bits per heavy atom. The van der Waals surface area contributed by atoms with Gasteiger partial charge in [0.05, 0.1) is 0 Å². The molecular weight excluding hydrogens is 538 g/mol. The number of hydroxylamine groups is 2. The molecule has 9 nitrogen and oxygen atoms in total. The van der Waals surface area contributed by atoms with E-state index < -0.39 is 29.2 Å². The summed E-state index contributed by atoms with van der Waals surface area (Å²) in [4.78, 5) is 36.4. The average Bonchev–Trinajstić information content (AvgIpc) is 3.15. The van der Waals surface area contributed by atoms with Crippen molar-refractivity contribution < 1.29 is 29.1 Å². The number of carbonyl (C=O) groups is 2. The number of nitrogens with two attached hydrogens (primary N) is 2. The van der Waals surface area contributed by atoms with E-state index in [0.717, 1.165) is 24.5 Å². The first kappa shape index (κ1) is 36.5. The fraction of sp³-hybridized carbons (Fsp3) is 0.929. The number of rotatable bonds is 25. The van der Waals surface area contributed by atoms with Crippen molar-refractivity contribution in [1.82, 2.24) is 5.23 Å². The lowest BCUT2D eigenvalue weighted by Crippen LogP contribution is -2.58. The molecule has 39 heavy (non-hydrogen) atoms. The second kappa shape index (κ2) is 21.2. The Morgan fingerprint density at radius 1 is 1.00 bits per heavy atom. The molecular formula is C28H55N3O6S2. The second-order valence-corrected chi connectivity index (χ2v) is 12.5. The van der Waals surface area contributed by atoms with E-state index in [1.165, 1.54) is 64.2 Å². The van der Waals surface area contributed by atoms with E-state index >= 15 is 0 Å². The third kappa shape index (κ3) is 13.3. The molecule has 3 unspecified atom stereocenters. The number of nitrogens with zero attached hydrogens (tertiary/aromatic N) is 1. The number of aliphatic hydroxyl groups excluding tert-OH is 1. The van der Waals surface area contributed by atoms with E-state index in [2.05, 4.69) is 6.92 Å². The Balaban J connectivity index is 2.46. The second-order valence-electron chi connectivity index (χ2n) is 10.6. The first-order valence-corrected chi connectivity index (χ1v) is 17.6. The van der Waals surface area contributed by atoms with E-state index in [4.69, 9.17) is 25.9 Å². The molecule has 0 aromatic carbocycles. The van der Waals surface area contributed by atoms with Crippen LogP contribution in [-0.4, -0.2) is 76.8 Å². The van der Waals surface area contributed by atoms with Gasteiger partial charge in [-0.25, -0.2) is 9.59 Å². The molecule has 0 amide bonds. The quantitative estimate of drug-likeness (QED) is 0.0980. The maximum absolute atomic E-state index is 13.2. The lowest BCUT2D eigenvalue weighted by atomic mass is 9.88. The number of aliphatic hydroxyl groups is 1. The summed E-state index contributed by atoms with van der Waals surface area (Å²) >= 11 is 3.09. The summed E-state index contributed by atoms with van der Waals surface area (Å²) in [6.07, 6.45) is 20.7. The topological polar surface area (TPSA) is 137 Å². The fourth-order valence-electron chi connectivity index (χ4n) is 4.68. The van der Waals surface area contributed by atoms with Crippen LogP contribution in [0.5, 0.6) is 0 Å². The molecule has 0 saturated carbocycles. The van der Waals surface area contributed by atoms with E-state index in [0.29, 0.717) is 24.5 Å². The van der Waals surface area contributed by atoms with E-state index in [-0.39, 0.29) is 19.4 Å². The molecule has 0 aliphatic carbocycles. The molecule has 0 bridgehead atoms. The van der Waals surface area contributed by atoms with Gasteiger partial charge < -0.3 is 25.3 Å². The predicted molar refractivity (Wildman–Crippen MR) is 161 cm³/mol. The number of carbonyl (C=O) groups excluding carboxylic acids is 2. The zero-order valence-electron chi connectivity index (χ0n) is 24.6. The molecule has 0 radical (unpaired) electrons. The normalized spacial score (nSPS) is 21.2. The highest BCUT2D eigenvalue weighted by Gasteiger charge is 2.56. The lowest BCUT2D eigenvalue weighted by molar-refractivity contribution is -0.331. The summed E-state index contributed by atoms with van der Waals surface area (Å²) in [6.45, 7) is 2.34. The molecule has 230 valence electrons. The Hall–Kier alpha value is -0.560. The summed E-state index contributed by atoms with van der Waals surface area (Å²) in [5.74, 6) is -0.316. The molecule has 1 aliphatic heterocycles. The van der Waals surface area contributed by atoms with Gasteiger partial charge in [-0.05, 0) is 43.3 Å². The highest BCUT2D eigenvalue weighted by atomic mass is 32.2. The maximum atomic E-state index is 13.2. The minimum absolute atomic E-state index is 0.103. The van der Waals surface area contributed by atoms with Crippen molar-refractivity contribution in [3.63, 3.8) is 0 Å². The van der Waals surface area contributed by atoms with Gasteiger partial charge >= 0.3 is 11.9 Å². The number of ether oxygens (including phenoxy) is 1. The number of hydrogen-bond donors (Lipinski definition) is 3. The smallest absolute Gasteiger partial charge is 0.375 e. The van der Waals surface area contributed by atoms with E-state index in [1.807, 2.05) is 12.5 Å². The molecule has 1 aliphatic rings. The van der Waals surface area contributed by atoms with Crippen LogP contribution in [0.4, 0.5) is 0 Å². The largest absolute Gasteiger partial charge is 0.396 e. The van der Waals surface area contributed by atoms with Crippen LogP contribution in [0.1, 0.15) is 110 Å². The minimum Gasteiger partial charge on any atom is -0.396 e. The molecule has 5 N–H and O–H groups in total. The molecule has 0 aromatic rings. The van der Waals surface area contributed by atoms with Gasteiger partial charge in [-0.15, -0.1) is 0 Å². The van der Waals surface area contributed by atoms with Gasteiger partial charge in [0.2, 0.25) is 5.72 Å². The SMILES string of the molecule is CCCCCCCCCCCCCCCOC(N)(CCSC)C(=O)ON1OC(=O)C(N)(CCSC)C1CCO. The number of unbranched alkanes of at least 4 members (excludes halogenated alkanes) is 12. The Kier molecular flexibility index (Phi) is 19.8. The van der Waals surface area contributed by atoms with Crippen molar-refractivity contribution in [3.05, 3.63) is 0 Å². The van der Waals surface area contributed by atoms with Crippen molar-refractivity contribution in [2.24, 2.45) is 11.5 Å². The van der Waals surface area contributed by atoms with Gasteiger partial charge in [-0.3, -0.25) is 5.73 Å². The molecule has 0 aromatic heterocycles. The first-order valence-electron chi connectivity index (χ1n) is 14.8. The van der Waals surface area contributed by atoms with Crippen LogP contribution in [0.3, 0.4) is 0 Å². The molecule has 1 rings (SSSR count). The summed E-state index contributed by atoms with van der Waals surface area (Å²) in [5.41, 5.74) is 9.70. The van der Waals surface area contributed by atoms with Gasteiger partial charge in [0.15, 0.2) is 0 Å². The fourth-order valence-corrected chi connectivity index (χ4v) is 5.73. The molecule has 1 fully saturated rings. The maximum Gasteiger partial charge on any atom is 0.375 e. The Morgan fingerprint density at radius 2 is 1.54 bits per heavy atom. The summed E-state index contributed by atoms with van der Waals surface area (Å²) in [5, 5.41) is 10.4. The molecule has 1 heterocycles. The highest BCUT2D eigenvalue weighted by molar-refractivity contribution is 7.98. The molecule has 11 heteroatoms. The molecule has 1 saturated heterocycles. The third-order valence-electron chi connectivity index (χ3n) is 7.33.